The lowest BCUT2D eigenvalue weighted by Gasteiger charge is -2.46. The lowest BCUT2D eigenvalue weighted by Crippen LogP contribution is -2.56. The standard InChI is InChI=1S/C24H28N6O2/c1-29-14-16(13-25-29)15-5-6-20(22(31)9-15)21-12-23-24(28-27-21)30(7-8-32-23)19-10-17-3-2-4-18(11-19)26-17/h5-6,9,12-14,17-19,26,31H,2-4,7-8,10-11H2,1H3/t17-,18+,19?. The van der Waals surface area contributed by atoms with Gasteiger partial charge in [0.25, 0.3) is 0 Å². The van der Waals surface area contributed by atoms with Crippen LogP contribution in [0, 0.1) is 0 Å². The molecule has 32 heavy (non-hydrogen) atoms. The van der Waals surface area contributed by atoms with Crippen LogP contribution in [0.2, 0.25) is 0 Å². The third-order valence-electron chi connectivity index (χ3n) is 7.04. The quantitative estimate of drug-likeness (QED) is 0.657. The molecule has 0 spiro atoms. The number of anilines is 1. The molecule has 8 heteroatoms. The van der Waals surface area contributed by atoms with Crippen LogP contribution in [-0.2, 0) is 7.05 Å². The molecule has 2 bridgehead atoms. The molecular formula is C24H28N6O2. The molecule has 3 atom stereocenters. The molecular weight excluding hydrogens is 404 g/mol. The van der Waals surface area contributed by atoms with Crippen molar-refractivity contribution in [3.05, 3.63) is 36.7 Å². The average molecular weight is 433 g/mol. The number of ether oxygens (including phenoxy) is 1. The molecule has 2 aromatic heterocycles. The lowest BCUT2D eigenvalue weighted by molar-refractivity contribution is 0.205. The highest BCUT2D eigenvalue weighted by Crippen LogP contribution is 2.39. The van der Waals surface area contributed by atoms with Crippen molar-refractivity contribution in [3.63, 3.8) is 0 Å². The summed E-state index contributed by atoms with van der Waals surface area (Å²) in [5.41, 5.74) is 3.12. The summed E-state index contributed by atoms with van der Waals surface area (Å²) in [6.07, 6.45) is 9.87. The Labute approximate surface area is 187 Å². The van der Waals surface area contributed by atoms with Gasteiger partial charge in [0.2, 0.25) is 0 Å². The van der Waals surface area contributed by atoms with Crippen molar-refractivity contribution >= 4 is 5.82 Å². The van der Waals surface area contributed by atoms with E-state index >= 15 is 0 Å². The van der Waals surface area contributed by atoms with E-state index in [1.165, 1.54) is 19.3 Å². The fourth-order valence-corrected chi connectivity index (χ4v) is 5.51. The van der Waals surface area contributed by atoms with Crippen molar-refractivity contribution in [2.45, 2.75) is 50.2 Å². The first-order valence-electron chi connectivity index (χ1n) is 11.5. The van der Waals surface area contributed by atoms with E-state index in [4.69, 9.17) is 4.74 Å². The maximum Gasteiger partial charge on any atom is 0.194 e. The van der Waals surface area contributed by atoms with Gasteiger partial charge in [-0.1, -0.05) is 12.5 Å². The zero-order chi connectivity index (χ0) is 21.7. The topological polar surface area (TPSA) is 88.3 Å². The van der Waals surface area contributed by atoms with Crippen molar-refractivity contribution in [3.8, 4) is 33.9 Å². The number of aryl methyl sites for hydroxylation is 1. The highest BCUT2D eigenvalue weighted by Gasteiger charge is 2.36. The van der Waals surface area contributed by atoms with Crippen LogP contribution in [0.25, 0.3) is 22.4 Å². The molecule has 0 radical (unpaired) electrons. The number of nitrogens with zero attached hydrogens (tertiary/aromatic N) is 5. The van der Waals surface area contributed by atoms with Gasteiger partial charge in [-0.25, -0.2) is 0 Å². The molecule has 0 amide bonds. The Morgan fingerprint density at radius 1 is 1.09 bits per heavy atom. The van der Waals surface area contributed by atoms with Crippen molar-refractivity contribution in [2.24, 2.45) is 7.05 Å². The van der Waals surface area contributed by atoms with Crippen LogP contribution in [0.3, 0.4) is 0 Å². The van der Waals surface area contributed by atoms with Gasteiger partial charge in [-0.2, -0.15) is 5.10 Å². The van der Waals surface area contributed by atoms with Gasteiger partial charge in [0, 0.05) is 48.6 Å². The molecule has 3 aromatic rings. The van der Waals surface area contributed by atoms with E-state index < -0.39 is 0 Å². The molecule has 2 N–H and O–H groups in total. The molecule has 2 saturated heterocycles. The minimum Gasteiger partial charge on any atom is -0.507 e. The number of hydrogen-bond acceptors (Lipinski definition) is 7. The van der Waals surface area contributed by atoms with Crippen LogP contribution >= 0.6 is 0 Å². The summed E-state index contributed by atoms with van der Waals surface area (Å²) >= 11 is 0. The van der Waals surface area contributed by atoms with Gasteiger partial charge in [-0.3, -0.25) is 4.68 Å². The molecule has 3 aliphatic heterocycles. The van der Waals surface area contributed by atoms with Crippen LogP contribution in [0.1, 0.15) is 32.1 Å². The molecule has 1 aromatic carbocycles. The first-order chi connectivity index (χ1) is 15.6. The number of phenols is 1. The van der Waals surface area contributed by atoms with Crippen molar-refractivity contribution in [1.29, 1.82) is 0 Å². The normalized spacial score (nSPS) is 24.7. The average Bonchev–Trinajstić information content (AvgIpc) is 3.24. The van der Waals surface area contributed by atoms with Crippen molar-refractivity contribution in [2.75, 3.05) is 18.1 Å². The van der Waals surface area contributed by atoms with Crippen LogP contribution in [0.4, 0.5) is 5.82 Å². The maximum absolute atomic E-state index is 10.7. The number of aromatic hydroxyl groups is 1. The predicted octanol–water partition coefficient (Wildman–Crippen LogP) is 3.12. The van der Waals surface area contributed by atoms with Gasteiger partial charge in [0.05, 0.1) is 12.7 Å². The Hall–Kier alpha value is -3.13. The zero-order valence-corrected chi connectivity index (χ0v) is 18.2. The highest BCUT2D eigenvalue weighted by atomic mass is 16.5. The van der Waals surface area contributed by atoms with Gasteiger partial charge in [0.15, 0.2) is 11.6 Å². The molecule has 0 saturated carbocycles. The number of hydrogen-bond donors (Lipinski definition) is 2. The van der Waals surface area contributed by atoms with Gasteiger partial charge in [-0.15, -0.1) is 10.2 Å². The smallest absolute Gasteiger partial charge is 0.194 e. The second kappa shape index (κ2) is 7.78. The van der Waals surface area contributed by atoms with Crippen LogP contribution in [-0.4, -0.2) is 56.4 Å². The Balaban J connectivity index is 1.28. The Morgan fingerprint density at radius 3 is 2.69 bits per heavy atom. The van der Waals surface area contributed by atoms with Crippen LogP contribution in [0.5, 0.6) is 11.5 Å². The maximum atomic E-state index is 10.7. The number of rotatable bonds is 3. The Bertz CT molecular complexity index is 1130. The second-order valence-electron chi connectivity index (χ2n) is 9.21. The van der Waals surface area contributed by atoms with E-state index in [2.05, 4.69) is 25.5 Å². The van der Waals surface area contributed by atoms with Gasteiger partial charge < -0.3 is 20.1 Å². The summed E-state index contributed by atoms with van der Waals surface area (Å²) < 4.78 is 7.73. The van der Waals surface area contributed by atoms with Crippen LogP contribution in [0.15, 0.2) is 36.7 Å². The third-order valence-corrected chi connectivity index (χ3v) is 7.04. The van der Waals surface area contributed by atoms with Gasteiger partial charge in [-0.05, 0) is 43.4 Å². The number of piperidine rings is 2. The van der Waals surface area contributed by atoms with Gasteiger partial charge >= 0.3 is 0 Å². The number of fused-ring (bicyclic) bond motifs is 3. The van der Waals surface area contributed by atoms with Crippen molar-refractivity contribution in [1.82, 2.24) is 25.3 Å². The summed E-state index contributed by atoms with van der Waals surface area (Å²) in [6, 6.07) is 9.20. The van der Waals surface area contributed by atoms with Crippen molar-refractivity contribution < 1.29 is 9.84 Å². The van der Waals surface area contributed by atoms with E-state index in [0.29, 0.717) is 36.0 Å². The third kappa shape index (κ3) is 3.48. The second-order valence-corrected chi connectivity index (χ2v) is 9.21. The zero-order valence-electron chi connectivity index (χ0n) is 18.2. The molecule has 8 nitrogen and oxygen atoms in total. The van der Waals surface area contributed by atoms with Crippen LogP contribution < -0.4 is 15.0 Å². The molecule has 5 heterocycles. The van der Waals surface area contributed by atoms with E-state index in [-0.39, 0.29) is 5.75 Å². The largest absolute Gasteiger partial charge is 0.507 e. The first-order valence-corrected chi connectivity index (χ1v) is 11.5. The van der Waals surface area contributed by atoms with E-state index in [9.17, 15) is 5.11 Å². The molecule has 2 fully saturated rings. The summed E-state index contributed by atoms with van der Waals surface area (Å²) in [5.74, 6) is 1.75. The van der Waals surface area contributed by atoms with E-state index in [1.54, 1.807) is 16.9 Å². The Morgan fingerprint density at radius 2 is 1.94 bits per heavy atom. The summed E-state index contributed by atoms with van der Waals surface area (Å²) in [4.78, 5) is 2.40. The highest BCUT2D eigenvalue weighted by molar-refractivity contribution is 5.75. The summed E-state index contributed by atoms with van der Waals surface area (Å²) in [5, 5.41) is 27.7. The van der Waals surface area contributed by atoms with Gasteiger partial charge in [0.1, 0.15) is 18.1 Å². The SMILES string of the molecule is Cn1cc(-c2ccc(-c3cc4c(nn3)N(C3C[C@H]5CCC[C@@H](C3)N5)CCO4)c(O)c2)cn1. The fraction of sp³-hybridized carbons (Fsp3) is 0.458. The lowest BCUT2D eigenvalue weighted by atomic mass is 9.83. The molecule has 3 aliphatic rings. The summed E-state index contributed by atoms with van der Waals surface area (Å²) in [7, 11) is 1.87. The predicted molar refractivity (Wildman–Crippen MR) is 122 cm³/mol. The number of aromatic nitrogens is 4. The minimum atomic E-state index is 0.166. The number of nitrogens with one attached hydrogen (secondary N) is 1. The fourth-order valence-electron chi connectivity index (χ4n) is 5.51. The number of phenolic OH excluding ortho intramolecular Hbond substituents is 1. The molecule has 166 valence electrons. The molecule has 6 rings (SSSR count). The number of benzene rings is 1. The minimum absolute atomic E-state index is 0.166. The molecule has 0 aliphatic carbocycles. The van der Waals surface area contributed by atoms with E-state index in [1.807, 2.05) is 31.4 Å². The van der Waals surface area contributed by atoms with E-state index in [0.717, 1.165) is 42.1 Å². The monoisotopic (exact) mass is 432 g/mol. The first kappa shape index (κ1) is 19.5. The Kier molecular flexibility index (Phi) is 4.75. The summed E-state index contributed by atoms with van der Waals surface area (Å²) in [6.45, 7) is 1.49. The molecule has 1 unspecified atom stereocenters.